The first-order valence-electron chi connectivity index (χ1n) is 11.1. The monoisotopic (exact) mass is 520 g/mol. The smallest absolute Gasteiger partial charge is 0.416 e. The first kappa shape index (κ1) is 27.1. The summed E-state index contributed by atoms with van der Waals surface area (Å²) in [5.74, 6) is -1.11. The third-order valence-corrected chi connectivity index (χ3v) is 7.32. The van der Waals surface area contributed by atoms with Gasteiger partial charge < -0.3 is 14.6 Å². The van der Waals surface area contributed by atoms with E-state index in [0.29, 0.717) is 40.1 Å². The number of aryl methyl sites for hydroxylation is 1. The molecule has 0 aliphatic rings. The third-order valence-electron chi connectivity index (χ3n) is 5.39. The maximum absolute atomic E-state index is 13.2. The van der Waals surface area contributed by atoms with Crippen LogP contribution in [0, 0.1) is 6.92 Å². The summed E-state index contributed by atoms with van der Waals surface area (Å²) >= 11 is 0. The summed E-state index contributed by atoms with van der Waals surface area (Å²) in [6.07, 6.45) is -4.05. The van der Waals surface area contributed by atoms with E-state index in [2.05, 4.69) is 0 Å². The van der Waals surface area contributed by atoms with E-state index in [0.717, 1.165) is 12.1 Å². The maximum atomic E-state index is 13.2. The summed E-state index contributed by atoms with van der Waals surface area (Å²) in [4.78, 5) is 10.7. The molecule has 3 aromatic rings. The molecule has 0 N–H and O–H groups in total. The number of ether oxygens (including phenoxy) is 1. The van der Waals surface area contributed by atoms with Crippen molar-refractivity contribution in [1.82, 2.24) is 0 Å². The van der Waals surface area contributed by atoms with Crippen LogP contribution in [0.1, 0.15) is 30.0 Å². The molecule has 3 aromatic carbocycles. The lowest BCUT2D eigenvalue weighted by Gasteiger charge is -2.25. The lowest BCUT2D eigenvalue weighted by molar-refractivity contribution is -0.307. The fourth-order valence-electron chi connectivity index (χ4n) is 3.68. The van der Waals surface area contributed by atoms with Gasteiger partial charge in [0.05, 0.1) is 29.5 Å². The Balaban J connectivity index is 1.95. The largest absolute Gasteiger partial charge is 0.546 e. The number of hydrogen-bond donors (Lipinski definition) is 0. The van der Waals surface area contributed by atoms with Gasteiger partial charge in [-0.15, -0.1) is 0 Å². The molecule has 0 spiro atoms. The van der Waals surface area contributed by atoms with Crippen molar-refractivity contribution in [3.8, 4) is 16.9 Å². The molecule has 0 bridgehead atoms. The van der Waals surface area contributed by atoms with Gasteiger partial charge >= 0.3 is 6.18 Å². The second kappa shape index (κ2) is 11.0. The van der Waals surface area contributed by atoms with Crippen molar-refractivity contribution in [2.24, 2.45) is 0 Å². The standard InChI is InChI=1S/C26H26F3NO5S/c1-3-13-36(33,34)30(16-19-7-12-24(18(2)14-19)35-17-25(31)32)23-6-4-5-21(15-23)20-8-10-22(11-9-20)26(27,28)29/h4-12,14-15H,3,13,16-17H2,1-2H3,(H,31,32)/p-1. The fourth-order valence-corrected chi connectivity index (χ4v) is 5.20. The van der Waals surface area contributed by atoms with Gasteiger partial charge in [-0.3, -0.25) is 4.31 Å². The van der Waals surface area contributed by atoms with Crippen LogP contribution in [-0.4, -0.2) is 26.7 Å². The Morgan fingerprint density at radius 2 is 1.69 bits per heavy atom. The number of anilines is 1. The Bertz CT molecular complexity index is 1320. The van der Waals surface area contributed by atoms with E-state index < -0.39 is 34.3 Å². The number of alkyl halides is 3. The van der Waals surface area contributed by atoms with Crippen LogP contribution in [-0.2, 0) is 27.5 Å². The molecule has 0 aliphatic carbocycles. The van der Waals surface area contributed by atoms with Crippen molar-refractivity contribution in [2.75, 3.05) is 16.7 Å². The van der Waals surface area contributed by atoms with Gasteiger partial charge in [0, 0.05) is 0 Å². The van der Waals surface area contributed by atoms with Crippen LogP contribution < -0.4 is 14.1 Å². The van der Waals surface area contributed by atoms with Crippen molar-refractivity contribution < 1.29 is 36.2 Å². The Morgan fingerprint density at radius 1 is 1.00 bits per heavy atom. The average Bonchev–Trinajstić information content (AvgIpc) is 2.81. The Hall–Kier alpha value is -3.53. The topological polar surface area (TPSA) is 86.7 Å². The SMILES string of the molecule is CCCS(=O)(=O)N(Cc1ccc(OCC(=O)[O-])c(C)c1)c1cccc(-c2ccc(C(F)(F)F)cc2)c1. The van der Waals surface area contributed by atoms with Gasteiger partial charge in [-0.2, -0.15) is 13.2 Å². The van der Waals surface area contributed by atoms with E-state index in [1.807, 2.05) is 0 Å². The molecule has 6 nitrogen and oxygen atoms in total. The highest BCUT2D eigenvalue weighted by atomic mass is 32.2. The van der Waals surface area contributed by atoms with Gasteiger partial charge in [-0.05, 0) is 65.9 Å². The minimum Gasteiger partial charge on any atom is -0.546 e. The summed E-state index contributed by atoms with van der Waals surface area (Å²) in [6.45, 7) is 2.86. The predicted molar refractivity (Wildman–Crippen MR) is 129 cm³/mol. The van der Waals surface area contributed by atoms with E-state index >= 15 is 0 Å². The number of nitrogens with zero attached hydrogens (tertiary/aromatic N) is 1. The first-order chi connectivity index (χ1) is 16.9. The highest BCUT2D eigenvalue weighted by molar-refractivity contribution is 7.92. The van der Waals surface area contributed by atoms with E-state index in [9.17, 15) is 31.5 Å². The predicted octanol–water partition coefficient (Wildman–Crippen LogP) is 4.56. The summed E-state index contributed by atoms with van der Waals surface area (Å²) in [7, 11) is -3.73. The number of carboxylic acids is 1. The number of carbonyl (C=O) groups excluding carboxylic acids is 1. The van der Waals surface area contributed by atoms with Crippen LogP contribution in [0.5, 0.6) is 5.75 Å². The number of benzene rings is 3. The minimum absolute atomic E-state index is 0.000401. The first-order valence-corrected chi connectivity index (χ1v) is 12.7. The summed E-state index contributed by atoms with van der Waals surface area (Å²) in [5.41, 5.74) is 1.96. The average molecular weight is 521 g/mol. The van der Waals surface area contributed by atoms with Crippen molar-refractivity contribution >= 4 is 21.7 Å². The zero-order valence-corrected chi connectivity index (χ0v) is 20.5. The number of carbonyl (C=O) groups is 1. The van der Waals surface area contributed by atoms with Crippen LogP contribution in [0.3, 0.4) is 0 Å². The maximum Gasteiger partial charge on any atom is 0.416 e. The van der Waals surface area contributed by atoms with Crippen molar-refractivity contribution in [2.45, 2.75) is 33.0 Å². The second-order valence-electron chi connectivity index (χ2n) is 8.21. The molecule has 0 unspecified atom stereocenters. The van der Waals surface area contributed by atoms with Gasteiger partial charge in [-0.25, -0.2) is 8.42 Å². The minimum atomic E-state index is -4.45. The summed E-state index contributed by atoms with van der Waals surface area (Å²) in [6, 6.07) is 16.2. The van der Waals surface area contributed by atoms with Crippen LogP contribution in [0.2, 0.25) is 0 Å². The van der Waals surface area contributed by atoms with Crippen molar-refractivity contribution in [3.63, 3.8) is 0 Å². The number of sulfonamides is 1. The molecule has 0 fully saturated rings. The molecule has 0 atom stereocenters. The third kappa shape index (κ3) is 6.78. The Kier molecular flexibility index (Phi) is 8.29. The van der Waals surface area contributed by atoms with Crippen LogP contribution >= 0.6 is 0 Å². The number of hydrogen-bond acceptors (Lipinski definition) is 5. The molecule has 0 aromatic heterocycles. The molecule has 0 amide bonds. The molecule has 10 heteroatoms. The second-order valence-corrected chi connectivity index (χ2v) is 10.2. The van der Waals surface area contributed by atoms with E-state index in [4.69, 9.17) is 4.74 Å². The molecule has 0 aliphatic heterocycles. The molecule has 0 saturated heterocycles. The molecule has 0 radical (unpaired) electrons. The van der Waals surface area contributed by atoms with Crippen LogP contribution in [0.15, 0.2) is 66.7 Å². The lowest BCUT2D eigenvalue weighted by Crippen LogP contribution is -2.32. The van der Waals surface area contributed by atoms with E-state index in [-0.39, 0.29) is 12.3 Å². The quantitative estimate of drug-likeness (QED) is 0.391. The number of rotatable bonds is 10. The Labute approximate surface area is 208 Å². The normalized spacial score (nSPS) is 11.8. The Morgan fingerprint density at radius 3 is 2.28 bits per heavy atom. The van der Waals surface area contributed by atoms with E-state index in [1.165, 1.54) is 16.4 Å². The molecule has 0 heterocycles. The van der Waals surface area contributed by atoms with Crippen LogP contribution in [0.4, 0.5) is 18.9 Å². The van der Waals surface area contributed by atoms with Gasteiger partial charge in [0.2, 0.25) is 10.0 Å². The van der Waals surface area contributed by atoms with Gasteiger partial charge in [0.15, 0.2) is 0 Å². The molecule has 0 saturated carbocycles. The highest BCUT2D eigenvalue weighted by Crippen LogP contribution is 2.33. The van der Waals surface area contributed by atoms with Gasteiger partial charge in [-0.1, -0.05) is 43.3 Å². The molecule has 3 rings (SSSR count). The van der Waals surface area contributed by atoms with Crippen molar-refractivity contribution in [1.29, 1.82) is 0 Å². The molecular formula is C26H25F3NO5S-. The fraction of sp³-hybridized carbons (Fsp3) is 0.269. The number of halogens is 3. The summed E-state index contributed by atoms with van der Waals surface area (Å²) in [5, 5.41) is 10.7. The molecular weight excluding hydrogens is 495 g/mol. The van der Waals surface area contributed by atoms with Gasteiger partial charge in [0.1, 0.15) is 12.4 Å². The lowest BCUT2D eigenvalue weighted by atomic mass is 10.0. The van der Waals surface area contributed by atoms with Crippen LogP contribution in [0.25, 0.3) is 11.1 Å². The highest BCUT2D eigenvalue weighted by Gasteiger charge is 2.30. The summed E-state index contributed by atoms with van der Waals surface area (Å²) < 4.78 is 71.6. The zero-order valence-electron chi connectivity index (χ0n) is 19.7. The number of aliphatic carboxylic acids is 1. The van der Waals surface area contributed by atoms with Crippen molar-refractivity contribution in [3.05, 3.63) is 83.4 Å². The van der Waals surface area contributed by atoms with E-state index in [1.54, 1.807) is 56.3 Å². The molecule has 36 heavy (non-hydrogen) atoms. The van der Waals surface area contributed by atoms with Gasteiger partial charge in [0.25, 0.3) is 0 Å². The number of carboxylic acid groups (broad SMARTS) is 1. The molecule has 192 valence electrons. The zero-order chi connectivity index (χ0) is 26.5.